The molecular weight excluding hydrogens is 323 g/mol. The summed E-state index contributed by atoms with van der Waals surface area (Å²) in [6.07, 6.45) is 2.23. The van der Waals surface area contributed by atoms with Crippen molar-refractivity contribution in [1.29, 1.82) is 0 Å². The van der Waals surface area contributed by atoms with Gasteiger partial charge in [0.2, 0.25) is 0 Å². The highest BCUT2D eigenvalue weighted by molar-refractivity contribution is 6.22. The van der Waals surface area contributed by atoms with Gasteiger partial charge in [0, 0.05) is 24.4 Å². The van der Waals surface area contributed by atoms with Crippen LogP contribution in [0.2, 0.25) is 0 Å². The number of aryl methyl sites for hydroxylation is 1. The van der Waals surface area contributed by atoms with Crippen molar-refractivity contribution in [2.24, 2.45) is 10.9 Å². The largest absolute Gasteiger partial charge is 0.356 e. The molecule has 140 valence electrons. The van der Waals surface area contributed by atoms with Gasteiger partial charge >= 0.3 is 0 Å². The van der Waals surface area contributed by atoms with Gasteiger partial charge in [-0.15, -0.1) is 0 Å². The molecule has 0 N–H and O–H groups in total. The van der Waals surface area contributed by atoms with Crippen LogP contribution in [0, 0.1) is 18.7 Å². The minimum Gasteiger partial charge on any atom is -0.356 e. The summed E-state index contributed by atoms with van der Waals surface area (Å²) >= 11 is 0. The molecule has 1 aliphatic rings. The number of hydrogen-bond donors (Lipinski definition) is 0. The number of halogens is 1. The van der Waals surface area contributed by atoms with Gasteiger partial charge in [0.15, 0.2) is 0 Å². The molecule has 1 aromatic rings. The fourth-order valence-corrected chi connectivity index (χ4v) is 3.40. The number of rotatable bonds is 4. The van der Waals surface area contributed by atoms with Crippen LogP contribution in [-0.2, 0) is 0 Å². The van der Waals surface area contributed by atoms with E-state index < -0.39 is 0 Å². The van der Waals surface area contributed by atoms with Crippen LogP contribution in [0.3, 0.4) is 0 Å². The quantitative estimate of drug-likeness (QED) is 0.360. The van der Waals surface area contributed by atoms with Crippen molar-refractivity contribution in [3.8, 4) is 0 Å². The fraction of sp³-hybridized carbons (Fsp3) is 0.435. The predicted molar refractivity (Wildman–Crippen MR) is 111 cm³/mol. The summed E-state index contributed by atoms with van der Waals surface area (Å²) in [5.74, 6) is 1.30. The Morgan fingerprint density at radius 1 is 1.12 bits per heavy atom. The summed E-state index contributed by atoms with van der Waals surface area (Å²) in [5, 5.41) is 0. The van der Waals surface area contributed by atoms with Crippen molar-refractivity contribution in [3.05, 3.63) is 65.1 Å². The minimum atomic E-state index is -0.196. The maximum atomic E-state index is 13.6. The summed E-state index contributed by atoms with van der Waals surface area (Å²) in [5.41, 5.74) is 6.04. The van der Waals surface area contributed by atoms with Crippen LogP contribution in [0.1, 0.15) is 51.7 Å². The molecule has 0 saturated carbocycles. The number of aliphatic imine (C=N–C) groups is 1. The first-order valence-corrected chi connectivity index (χ1v) is 9.29. The Labute approximate surface area is 157 Å². The average molecular weight is 355 g/mol. The van der Waals surface area contributed by atoms with Crippen LogP contribution in [0.4, 0.5) is 4.39 Å². The van der Waals surface area contributed by atoms with Gasteiger partial charge in [0.25, 0.3) is 0 Å². The summed E-state index contributed by atoms with van der Waals surface area (Å²) in [4.78, 5) is 6.97. The fourth-order valence-electron chi connectivity index (χ4n) is 3.40. The summed E-state index contributed by atoms with van der Waals surface area (Å²) in [7, 11) is 0. The van der Waals surface area contributed by atoms with Crippen LogP contribution in [0.15, 0.2) is 53.2 Å². The zero-order chi connectivity index (χ0) is 19.4. The first kappa shape index (κ1) is 20.2. The molecule has 26 heavy (non-hydrogen) atoms. The van der Waals surface area contributed by atoms with Gasteiger partial charge in [-0.25, -0.2) is 9.38 Å². The molecule has 1 heterocycles. The van der Waals surface area contributed by atoms with E-state index in [0.717, 1.165) is 48.6 Å². The third-order valence-corrected chi connectivity index (χ3v) is 5.27. The Hall–Kier alpha value is -2.16. The van der Waals surface area contributed by atoms with E-state index in [0.29, 0.717) is 11.5 Å². The molecule has 1 aromatic carbocycles. The van der Waals surface area contributed by atoms with E-state index in [1.54, 1.807) is 13.0 Å². The minimum absolute atomic E-state index is 0.196. The lowest BCUT2D eigenvalue weighted by Crippen LogP contribution is -2.39. The SMILES string of the molecule is C=C(C)/N=C(\C(=C)c1ccc(F)c(C)c1)N1CCC(C(C)=C(C)C)CC1. The molecule has 0 spiro atoms. The second kappa shape index (κ2) is 8.48. The Morgan fingerprint density at radius 2 is 1.73 bits per heavy atom. The topological polar surface area (TPSA) is 15.6 Å². The molecule has 0 aliphatic carbocycles. The van der Waals surface area contributed by atoms with Gasteiger partial charge in [-0.05, 0) is 76.6 Å². The Morgan fingerprint density at radius 3 is 2.23 bits per heavy atom. The molecular formula is C23H31FN2. The third kappa shape index (κ3) is 4.72. The van der Waals surface area contributed by atoms with Gasteiger partial charge < -0.3 is 4.90 Å². The molecule has 0 radical (unpaired) electrons. The van der Waals surface area contributed by atoms with E-state index in [9.17, 15) is 4.39 Å². The van der Waals surface area contributed by atoms with E-state index in [-0.39, 0.29) is 5.82 Å². The van der Waals surface area contributed by atoms with E-state index in [4.69, 9.17) is 0 Å². The number of likely N-dealkylation sites (tertiary alicyclic amines) is 1. The highest BCUT2D eigenvalue weighted by Crippen LogP contribution is 2.29. The number of amidine groups is 1. The van der Waals surface area contributed by atoms with E-state index in [1.165, 1.54) is 17.2 Å². The Bertz CT molecular complexity index is 758. The number of hydrogen-bond acceptors (Lipinski definition) is 1. The second-order valence-corrected chi connectivity index (χ2v) is 7.56. The molecule has 2 rings (SSSR count). The molecule has 3 heteroatoms. The normalized spacial score (nSPS) is 15.8. The van der Waals surface area contributed by atoms with Crippen molar-refractivity contribution in [2.75, 3.05) is 13.1 Å². The number of benzene rings is 1. The maximum absolute atomic E-state index is 13.6. The van der Waals surface area contributed by atoms with E-state index in [1.807, 2.05) is 13.0 Å². The van der Waals surface area contributed by atoms with Gasteiger partial charge in [-0.2, -0.15) is 0 Å². The number of allylic oxidation sites excluding steroid dienone is 3. The highest BCUT2D eigenvalue weighted by atomic mass is 19.1. The molecule has 0 atom stereocenters. The summed E-state index contributed by atoms with van der Waals surface area (Å²) in [6, 6.07) is 5.11. The van der Waals surface area contributed by atoms with Crippen LogP contribution >= 0.6 is 0 Å². The summed E-state index contributed by atoms with van der Waals surface area (Å²) < 4.78 is 13.6. The number of nitrogens with zero attached hydrogens (tertiary/aromatic N) is 2. The van der Waals surface area contributed by atoms with Gasteiger partial charge in [-0.1, -0.05) is 30.4 Å². The van der Waals surface area contributed by atoms with Gasteiger partial charge in [-0.3, -0.25) is 0 Å². The first-order valence-electron chi connectivity index (χ1n) is 9.29. The van der Waals surface area contributed by atoms with Gasteiger partial charge in [0.05, 0.1) is 0 Å². The number of piperidine rings is 1. The molecule has 1 fully saturated rings. The monoisotopic (exact) mass is 354 g/mol. The Balaban J connectivity index is 2.24. The summed E-state index contributed by atoms with van der Waals surface area (Å²) in [6.45, 7) is 20.4. The van der Waals surface area contributed by atoms with Crippen molar-refractivity contribution < 1.29 is 4.39 Å². The lowest BCUT2D eigenvalue weighted by atomic mass is 9.87. The molecule has 0 amide bonds. The Kier molecular flexibility index (Phi) is 6.57. The molecule has 2 nitrogen and oxygen atoms in total. The highest BCUT2D eigenvalue weighted by Gasteiger charge is 2.25. The lowest BCUT2D eigenvalue weighted by molar-refractivity contribution is 0.291. The van der Waals surface area contributed by atoms with Crippen LogP contribution < -0.4 is 0 Å². The van der Waals surface area contributed by atoms with Crippen molar-refractivity contribution in [1.82, 2.24) is 4.90 Å². The molecule has 1 saturated heterocycles. The zero-order valence-electron chi connectivity index (χ0n) is 16.8. The van der Waals surface area contributed by atoms with E-state index in [2.05, 4.69) is 43.8 Å². The van der Waals surface area contributed by atoms with Crippen molar-refractivity contribution in [3.63, 3.8) is 0 Å². The molecule has 0 unspecified atom stereocenters. The zero-order valence-corrected chi connectivity index (χ0v) is 16.8. The molecule has 0 aromatic heterocycles. The third-order valence-electron chi connectivity index (χ3n) is 5.27. The van der Waals surface area contributed by atoms with Gasteiger partial charge in [0.1, 0.15) is 11.7 Å². The van der Waals surface area contributed by atoms with Crippen molar-refractivity contribution in [2.45, 2.75) is 47.5 Å². The van der Waals surface area contributed by atoms with Crippen molar-refractivity contribution >= 4 is 11.4 Å². The van der Waals surface area contributed by atoms with E-state index >= 15 is 0 Å². The predicted octanol–water partition coefficient (Wildman–Crippen LogP) is 6.15. The standard InChI is InChI=1S/C23H31FN2/c1-15(2)18(6)20-10-12-26(13-11-20)23(25-16(3)4)19(7)21-8-9-22(24)17(5)14-21/h8-9,14,20H,3,7,10-13H2,1-2,4-6H3/b25-23+. The first-order chi connectivity index (χ1) is 12.2. The van der Waals surface area contributed by atoms with Crippen LogP contribution in [0.25, 0.3) is 5.57 Å². The molecule has 0 bridgehead atoms. The van der Waals surface area contributed by atoms with Crippen LogP contribution in [0.5, 0.6) is 0 Å². The average Bonchev–Trinajstić information content (AvgIpc) is 2.60. The second-order valence-electron chi connectivity index (χ2n) is 7.56. The smallest absolute Gasteiger partial charge is 0.136 e. The van der Waals surface area contributed by atoms with Crippen LogP contribution in [-0.4, -0.2) is 23.8 Å². The maximum Gasteiger partial charge on any atom is 0.136 e. The molecule has 1 aliphatic heterocycles. The lowest BCUT2D eigenvalue weighted by Gasteiger charge is -2.35.